The second-order valence-electron chi connectivity index (χ2n) is 7.48. The van der Waals surface area contributed by atoms with Gasteiger partial charge >= 0.3 is 0 Å². The zero-order valence-corrected chi connectivity index (χ0v) is 16.0. The molecule has 142 valence electrons. The van der Waals surface area contributed by atoms with Gasteiger partial charge in [0.05, 0.1) is 6.04 Å². The normalized spacial score (nSPS) is 20.5. The minimum Gasteiger partial charge on any atom is -0.361 e. The average Bonchev–Trinajstić information content (AvgIpc) is 3.26. The summed E-state index contributed by atoms with van der Waals surface area (Å²) in [6, 6.07) is 4.74. The van der Waals surface area contributed by atoms with Gasteiger partial charge in [-0.15, -0.1) is 0 Å². The number of hydrogen-bond donors (Lipinski definition) is 3. The number of fused-ring (bicyclic) bond motifs is 1. The van der Waals surface area contributed by atoms with E-state index in [9.17, 15) is 9.18 Å². The molecule has 1 aromatic heterocycles. The Balaban J connectivity index is 1.56. The third-order valence-corrected chi connectivity index (χ3v) is 5.14. The molecule has 1 heterocycles. The molecule has 5 nitrogen and oxygen atoms in total. The van der Waals surface area contributed by atoms with Crippen LogP contribution in [-0.4, -0.2) is 41.1 Å². The van der Waals surface area contributed by atoms with Gasteiger partial charge in [-0.1, -0.05) is 6.92 Å². The smallest absolute Gasteiger partial charge is 0.253 e. The van der Waals surface area contributed by atoms with Gasteiger partial charge in [-0.2, -0.15) is 0 Å². The van der Waals surface area contributed by atoms with Crippen LogP contribution in [0.2, 0.25) is 0 Å². The maximum absolute atomic E-state index is 13.5. The van der Waals surface area contributed by atoms with Crippen molar-refractivity contribution in [2.45, 2.75) is 52.1 Å². The second-order valence-corrected chi connectivity index (χ2v) is 7.48. The molecule has 0 spiro atoms. The number of amides is 1. The lowest BCUT2D eigenvalue weighted by Gasteiger charge is -2.29. The Hall–Kier alpha value is -1.92. The molecule has 0 bridgehead atoms. The highest BCUT2D eigenvalue weighted by Gasteiger charge is 2.40. The van der Waals surface area contributed by atoms with Crippen LogP contribution in [0.15, 0.2) is 24.4 Å². The second kappa shape index (κ2) is 7.76. The molecule has 0 aliphatic heterocycles. The molecule has 1 aliphatic rings. The minimum atomic E-state index is -0.238. The average molecular weight is 360 g/mol. The number of nitrogens with zero attached hydrogens (tertiary/aromatic N) is 1. The van der Waals surface area contributed by atoms with E-state index >= 15 is 0 Å². The topological polar surface area (TPSA) is 60.2 Å². The molecule has 3 N–H and O–H groups in total. The molecule has 1 amide bonds. The number of rotatable bonds is 8. The number of aromatic amines is 1. The minimum absolute atomic E-state index is 0.0632. The van der Waals surface area contributed by atoms with Crippen LogP contribution in [0, 0.1) is 11.7 Å². The first-order valence-electron chi connectivity index (χ1n) is 9.48. The molecule has 6 heteroatoms. The summed E-state index contributed by atoms with van der Waals surface area (Å²) < 4.78 is 13.5. The number of carbonyl (C=O) groups is 1. The predicted octanol–water partition coefficient (Wildman–Crippen LogP) is 3.15. The van der Waals surface area contributed by atoms with Crippen molar-refractivity contribution in [3.8, 4) is 0 Å². The largest absolute Gasteiger partial charge is 0.361 e. The summed E-state index contributed by atoms with van der Waals surface area (Å²) in [7, 11) is 0. The molecule has 1 aliphatic carbocycles. The predicted molar refractivity (Wildman–Crippen MR) is 102 cm³/mol. The fraction of sp³-hybridized carbons (Fsp3) is 0.550. The van der Waals surface area contributed by atoms with Crippen molar-refractivity contribution in [2.24, 2.45) is 5.92 Å². The lowest BCUT2D eigenvalue weighted by molar-refractivity contribution is -0.138. The molecule has 3 atom stereocenters. The Kier molecular flexibility index (Phi) is 5.63. The highest BCUT2D eigenvalue weighted by molar-refractivity contribution is 5.84. The molecule has 26 heavy (non-hydrogen) atoms. The van der Waals surface area contributed by atoms with E-state index in [1.807, 2.05) is 33.9 Å². The van der Waals surface area contributed by atoms with Crippen molar-refractivity contribution >= 4 is 16.8 Å². The number of benzene rings is 1. The van der Waals surface area contributed by atoms with Crippen molar-refractivity contribution in [3.05, 3.63) is 35.8 Å². The van der Waals surface area contributed by atoms with Gasteiger partial charge < -0.3 is 10.3 Å². The monoisotopic (exact) mass is 360 g/mol. The number of hydrazine groups is 1. The summed E-state index contributed by atoms with van der Waals surface area (Å²) in [5, 5.41) is 6.04. The Bertz CT molecular complexity index is 772. The van der Waals surface area contributed by atoms with Crippen LogP contribution in [0.1, 0.15) is 45.6 Å². The van der Waals surface area contributed by atoms with Gasteiger partial charge in [0.2, 0.25) is 0 Å². The van der Waals surface area contributed by atoms with E-state index in [4.69, 9.17) is 0 Å². The summed E-state index contributed by atoms with van der Waals surface area (Å²) in [6.07, 6.45) is 3.06. The van der Waals surface area contributed by atoms with Crippen LogP contribution in [0.25, 0.3) is 10.9 Å². The van der Waals surface area contributed by atoms with Crippen LogP contribution in [0.5, 0.6) is 0 Å². The van der Waals surface area contributed by atoms with Crippen LogP contribution in [0.3, 0.4) is 0 Å². The maximum atomic E-state index is 13.5. The fourth-order valence-corrected chi connectivity index (χ4v) is 3.58. The van der Waals surface area contributed by atoms with E-state index in [0.29, 0.717) is 11.8 Å². The summed E-state index contributed by atoms with van der Waals surface area (Å²) >= 11 is 0. The van der Waals surface area contributed by atoms with Crippen LogP contribution in [-0.2, 0) is 4.79 Å². The Labute approximate surface area is 154 Å². The van der Waals surface area contributed by atoms with Crippen molar-refractivity contribution < 1.29 is 9.18 Å². The van der Waals surface area contributed by atoms with Gasteiger partial charge in [0, 0.05) is 29.7 Å². The molecule has 3 rings (SSSR count). The first-order chi connectivity index (χ1) is 12.4. The molecule has 1 aromatic carbocycles. The standard InChI is InChI=1S/C20H29FN4O/c1-5-24-25(12(2)3)20(26)13(4)22-10-14-8-16(14)18-11-23-19-7-6-15(21)9-17(18)19/h6-7,9,11-14,16,22-24H,5,8,10H2,1-4H3. The third kappa shape index (κ3) is 3.91. The number of H-pyrrole nitrogens is 1. The van der Waals surface area contributed by atoms with Crippen molar-refractivity contribution in [1.29, 1.82) is 0 Å². The molecule has 0 saturated heterocycles. The van der Waals surface area contributed by atoms with Crippen LogP contribution >= 0.6 is 0 Å². The molecule has 3 unspecified atom stereocenters. The number of aromatic nitrogens is 1. The van der Waals surface area contributed by atoms with E-state index in [2.05, 4.69) is 15.7 Å². The van der Waals surface area contributed by atoms with Crippen LogP contribution in [0.4, 0.5) is 4.39 Å². The van der Waals surface area contributed by atoms with Gasteiger partial charge in [-0.05, 0) is 69.3 Å². The first kappa shape index (κ1) is 18.9. The SMILES string of the molecule is CCNN(C(=O)C(C)NCC1CC1c1c[nH]c2ccc(F)cc12)C(C)C. The van der Waals surface area contributed by atoms with Gasteiger partial charge in [-0.3, -0.25) is 9.80 Å². The van der Waals surface area contributed by atoms with Gasteiger partial charge in [0.1, 0.15) is 5.82 Å². The molecular formula is C20H29FN4O. The first-order valence-corrected chi connectivity index (χ1v) is 9.48. The number of nitrogens with one attached hydrogen (secondary N) is 3. The Morgan fingerprint density at radius 2 is 2.15 bits per heavy atom. The lowest BCUT2D eigenvalue weighted by Crippen LogP contribution is -2.54. The zero-order chi connectivity index (χ0) is 18.8. The van der Waals surface area contributed by atoms with Gasteiger partial charge in [0.15, 0.2) is 0 Å². The summed E-state index contributed by atoms with van der Waals surface area (Å²) in [5.74, 6) is 0.771. The highest BCUT2D eigenvalue weighted by Crippen LogP contribution is 2.49. The molecule has 2 aromatic rings. The third-order valence-electron chi connectivity index (χ3n) is 5.14. The van der Waals surface area contributed by atoms with E-state index in [0.717, 1.165) is 30.4 Å². The zero-order valence-electron chi connectivity index (χ0n) is 16.0. The summed E-state index contributed by atoms with van der Waals surface area (Å²) in [5.41, 5.74) is 5.28. The lowest BCUT2D eigenvalue weighted by atomic mass is 10.1. The quantitative estimate of drug-likeness (QED) is 0.634. The number of halogens is 1. The van der Waals surface area contributed by atoms with Crippen LogP contribution < -0.4 is 10.7 Å². The van der Waals surface area contributed by atoms with Gasteiger partial charge in [0.25, 0.3) is 5.91 Å². The van der Waals surface area contributed by atoms with E-state index in [1.54, 1.807) is 17.1 Å². The van der Waals surface area contributed by atoms with E-state index < -0.39 is 0 Å². The number of carbonyl (C=O) groups excluding carboxylic acids is 1. The van der Waals surface area contributed by atoms with Crippen molar-refractivity contribution in [2.75, 3.05) is 13.1 Å². The number of hydrogen-bond acceptors (Lipinski definition) is 3. The highest BCUT2D eigenvalue weighted by atomic mass is 19.1. The molecule has 1 fully saturated rings. The summed E-state index contributed by atoms with van der Waals surface area (Å²) in [4.78, 5) is 15.8. The van der Waals surface area contributed by atoms with E-state index in [-0.39, 0.29) is 23.8 Å². The molecular weight excluding hydrogens is 331 g/mol. The molecule has 0 radical (unpaired) electrons. The van der Waals surface area contributed by atoms with E-state index in [1.165, 1.54) is 11.6 Å². The van der Waals surface area contributed by atoms with Crippen molar-refractivity contribution in [3.63, 3.8) is 0 Å². The van der Waals surface area contributed by atoms with Gasteiger partial charge in [-0.25, -0.2) is 9.82 Å². The Morgan fingerprint density at radius 3 is 2.85 bits per heavy atom. The summed E-state index contributed by atoms with van der Waals surface area (Å²) in [6.45, 7) is 9.41. The molecule has 1 saturated carbocycles. The fourth-order valence-electron chi connectivity index (χ4n) is 3.58. The Morgan fingerprint density at radius 1 is 1.38 bits per heavy atom. The van der Waals surface area contributed by atoms with Crippen molar-refractivity contribution in [1.82, 2.24) is 20.7 Å². The maximum Gasteiger partial charge on any atom is 0.253 e.